The van der Waals surface area contributed by atoms with E-state index in [9.17, 15) is 4.39 Å². The highest BCUT2D eigenvalue weighted by molar-refractivity contribution is 6.35. The van der Waals surface area contributed by atoms with Gasteiger partial charge >= 0.3 is 0 Å². The topological polar surface area (TPSA) is 12.0 Å². The predicted molar refractivity (Wildman–Crippen MR) is 64.5 cm³/mol. The lowest BCUT2D eigenvalue weighted by atomic mass is 10.3. The van der Waals surface area contributed by atoms with E-state index in [1.807, 2.05) is 6.92 Å². The van der Waals surface area contributed by atoms with Crippen LogP contribution in [0.1, 0.15) is 6.92 Å². The van der Waals surface area contributed by atoms with Crippen LogP contribution in [-0.4, -0.2) is 6.54 Å². The molecule has 15 heavy (non-hydrogen) atoms. The molecule has 1 aromatic carbocycles. The van der Waals surface area contributed by atoms with E-state index in [-0.39, 0.29) is 10.0 Å². The van der Waals surface area contributed by atoms with E-state index < -0.39 is 5.82 Å². The standard InChI is InChI=1S/C10H9Cl3FN/c1-6(4-11)5-15-7-2-8(12)10(14)9(13)3-7/h2-4,15H,5H2,1H3/b6-4-. The van der Waals surface area contributed by atoms with Crippen molar-refractivity contribution in [3.63, 3.8) is 0 Å². The van der Waals surface area contributed by atoms with E-state index in [1.54, 1.807) is 0 Å². The molecule has 0 bridgehead atoms. The summed E-state index contributed by atoms with van der Waals surface area (Å²) in [6, 6.07) is 2.95. The van der Waals surface area contributed by atoms with Gasteiger partial charge in [-0.15, -0.1) is 0 Å². The van der Waals surface area contributed by atoms with E-state index in [1.165, 1.54) is 17.7 Å². The number of anilines is 1. The van der Waals surface area contributed by atoms with Crippen molar-refractivity contribution < 1.29 is 4.39 Å². The molecule has 1 nitrogen and oxygen atoms in total. The SMILES string of the molecule is C/C(=C/Cl)CNc1cc(Cl)c(F)c(Cl)c1. The lowest BCUT2D eigenvalue weighted by molar-refractivity contribution is 0.629. The molecule has 0 fully saturated rings. The van der Waals surface area contributed by atoms with Crippen molar-refractivity contribution in [1.82, 2.24) is 0 Å². The molecule has 5 heteroatoms. The Kier molecular flexibility index (Phi) is 4.71. The summed E-state index contributed by atoms with van der Waals surface area (Å²) in [5.74, 6) is -0.603. The van der Waals surface area contributed by atoms with Gasteiger partial charge in [0.1, 0.15) is 0 Å². The molecule has 0 aliphatic heterocycles. The first kappa shape index (κ1) is 12.6. The fourth-order valence-electron chi connectivity index (χ4n) is 0.938. The van der Waals surface area contributed by atoms with Crippen LogP contribution in [0.3, 0.4) is 0 Å². The Bertz CT molecular complexity index is 367. The third-order valence-electron chi connectivity index (χ3n) is 1.74. The molecule has 0 heterocycles. The summed E-state index contributed by atoms with van der Waals surface area (Å²) in [6.07, 6.45) is 0. The van der Waals surface area contributed by atoms with Gasteiger partial charge in [-0.1, -0.05) is 34.8 Å². The Hall–Kier alpha value is -0.440. The molecular weight excluding hydrogens is 259 g/mol. The van der Waals surface area contributed by atoms with Gasteiger partial charge in [0, 0.05) is 17.8 Å². The second-order valence-electron chi connectivity index (χ2n) is 3.06. The highest BCUT2D eigenvalue weighted by Crippen LogP contribution is 2.27. The quantitative estimate of drug-likeness (QED) is 0.784. The number of rotatable bonds is 3. The molecule has 1 aromatic rings. The van der Waals surface area contributed by atoms with Crippen molar-refractivity contribution in [3.8, 4) is 0 Å². The molecule has 0 amide bonds. The summed E-state index contributed by atoms with van der Waals surface area (Å²) < 4.78 is 13.1. The molecule has 1 N–H and O–H groups in total. The van der Waals surface area contributed by atoms with Gasteiger partial charge in [-0.2, -0.15) is 0 Å². The summed E-state index contributed by atoms with van der Waals surface area (Å²) >= 11 is 16.7. The van der Waals surface area contributed by atoms with E-state index >= 15 is 0 Å². The van der Waals surface area contributed by atoms with Gasteiger partial charge in [0.2, 0.25) is 0 Å². The minimum absolute atomic E-state index is 0.00231. The second kappa shape index (κ2) is 5.59. The van der Waals surface area contributed by atoms with E-state index in [0.717, 1.165) is 5.57 Å². The Balaban J connectivity index is 2.79. The average Bonchev–Trinajstić information content (AvgIpc) is 2.22. The number of halogens is 4. The van der Waals surface area contributed by atoms with Crippen molar-refractivity contribution in [2.45, 2.75) is 6.92 Å². The summed E-state index contributed by atoms with van der Waals surface area (Å²) in [5, 5.41) is 3.01. The van der Waals surface area contributed by atoms with E-state index in [4.69, 9.17) is 34.8 Å². The number of hydrogen-bond donors (Lipinski definition) is 1. The summed E-state index contributed by atoms with van der Waals surface area (Å²) in [5.41, 5.74) is 3.08. The molecule has 0 aliphatic rings. The second-order valence-corrected chi connectivity index (χ2v) is 4.10. The van der Waals surface area contributed by atoms with Crippen molar-refractivity contribution in [2.75, 3.05) is 11.9 Å². The van der Waals surface area contributed by atoms with E-state index in [2.05, 4.69) is 5.32 Å². The maximum Gasteiger partial charge on any atom is 0.160 e. The normalized spacial score (nSPS) is 11.7. The van der Waals surface area contributed by atoms with Crippen LogP contribution in [0.5, 0.6) is 0 Å². The Morgan fingerprint density at radius 2 is 1.93 bits per heavy atom. The molecule has 0 unspecified atom stereocenters. The van der Waals surface area contributed by atoms with Crippen molar-refractivity contribution in [2.24, 2.45) is 0 Å². The zero-order chi connectivity index (χ0) is 11.4. The third-order valence-corrected chi connectivity index (χ3v) is 2.66. The fraction of sp³-hybridized carbons (Fsp3) is 0.200. The molecule has 0 atom stereocenters. The Morgan fingerprint density at radius 1 is 1.40 bits per heavy atom. The average molecular weight is 269 g/mol. The van der Waals surface area contributed by atoms with Gasteiger partial charge in [0.15, 0.2) is 5.82 Å². The molecular formula is C10H9Cl3FN. The summed E-state index contributed by atoms with van der Waals surface area (Å²) in [4.78, 5) is 0. The first-order valence-electron chi connectivity index (χ1n) is 4.19. The zero-order valence-corrected chi connectivity index (χ0v) is 10.2. The highest BCUT2D eigenvalue weighted by Gasteiger charge is 2.06. The van der Waals surface area contributed by atoms with Crippen LogP contribution >= 0.6 is 34.8 Å². The van der Waals surface area contributed by atoms with Crippen LogP contribution in [0.25, 0.3) is 0 Å². The highest BCUT2D eigenvalue weighted by atomic mass is 35.5. The molecule has 82 valence electrons. The number of benzene rings is 1. The Labute approximate surface area is 103 Å². The van der Waals surface area contributed by atoms with Crippen LogP contribution in [0, 0.1) is 5.82 Å². The first-order valence-corrected chi connectivity index (χ1v) is 5.38. The smallest absolute Gasteiger partial charge is 0.160 e. The number of nitrogens with one attached hydrogen (secondary N) is 1. The molecule has 0 spiro atoms. The molecule has 0 radical (unpaired) electrons. The largest absolute Gasteiger partial charge is 0.381 e. The lowest BCUT2D eigenvalue weighted by Crippen LogP contribution is -2.02. The van der Waals surface area contributed by atoms with Crippen molar-refractivity contribution >= 4 is 40.5 Å². The summed E-state index contributed by atoms with van der Waals surface area (Å²) in [7, 11) is 0. The van der Waals surface area contributed by atoms with Gasteiger partial charge in [-0.25, -0.2) is 4.39 Å². The van der Waals surface area contributed by atoms with Gasteiger partial charge in [-0.3, -0.25) is 0 Å². The van der Waals surface area contributed by atoms with E-state index in [0.29, 0.717) is 12.2 Å². The molecule has 0 saturated heterocycles. The van der Waals surface area contributed by atoms with Gasteiger partial charge in [-0.05, 0) is 24.6 Å². The Morgan fingerprint density at radius 3 is 2.40 bits per heavy atom. The maximum atomic E-state index is 13.1. The van der Waals surface area contributed by atoms with Crippen molar-refractivity contribution in [3.05, 3.63) is 39.1 Å². The minimum atomic E-state index is -0.603. The van der Waals surface area contributed by atoms with Crippen molar-refractivity contribution in [1.29, 1.82) is 0 Å². The third kappa shape index (κ3) is 3.56. The van der Waals surface area contributed by atoms with Crippen LogP contribution in [0.2, 0.25) is 10.0 Å². The number of hydrogen-bond acceptors (Lipinski definition) is 1. The summed E-state index contributed by atoms with van der Waals surface area (Å²) in [6.45, 7) is 2.43. The lowest BCUT2D eigenvalue weighted by Gasteiger charge is -2.07. The van der Waals surface area contributed by atoms with Crippen LogP contribution in [0.4, 0.5) is 10.1 Å². The molecule has 1 rings (SSSR count). The van der Waals surface area contributed by atoms with Crippen LogP contribution in [-0.2, 0) is 0 Å². The molecule has 0 saturated carbocycles. The molecule has 0 aromatic heterocycles. The molecule has 0 aliphatic carbocycles. The zero-order valence-electron chi connectivity index (χ0n) is 7.95. The fourth-order valence-corrected chi connectivity index (χ4v) is 1.50. The maximum absolute atomic E-state index is 13.1. The van der Waals surface area contributed by atoms with Crippen LogP contribution in [0.15, 0.2) is 23.2 Å². The van der Waals surface area contributed by atoms with Gasteiger partial charge in [0.05, 0.1) is 10.0 Å². The minimum Gasteiger partial charge on any atom is -0.381 e. The van der Waals surface area contributed by atoms with Gasteiger partial charge < -0.3 is 5.32 Å². The van der Waals surface area contributed by atoms with Crippen LogP contribution < -0.4 is 5.32 Å². The van der Waals surface area contributed by atoms with Gasteiger partial charge in [0.25, 0.3) is 0 Å². The monoisotopic (exact) mass is 267 g/mol. The first-order chi connectivity index (χ1) is 7.04. The predicted octanol–water partition coefficient (Wildman–Crippen LogP) is 4.69.